The highest BCUT2D eigenvalue weighted by Crippen LogP contribution is 2.44. The number of nitrogens with one attached hydrogen (secondary N) is 1. The highest BCUT2D eigenvalue weighted by Gasteiger charge is 2.35. The average molecular weight is 404 g/mol. The first-order chi connectivity index (χ1) is 10.2. The Kier molecular flexibility index (Phi) is 8.92. The molecular formula is C16H23Cl4FN2. The van der Waals surface area contributed by atoms with Gasteiger partial charge >= 0.3 is 0 Å². The van der Waals surface area contributed by atoms with E-state index in [4.69, 9.17) is 23.2 Å². The molecule has 0 aromatic heterocycles. The van der Waals surface area contributed by atoms with Gasteiger partial charge in [-0.2, -0.15) is 0 Å². The first-order valence-electron chi connectivity index (χ1n) is 7.76. The molecular weight excluding hydrogens is 381 g/mol. The summed E-state index contributed by atoms with van der Waals surface area (Å²) < 4.78 is 14.5. The molecule has 1 atom stereocenters. The molecule has 1 saturated heterocycles. The van der Waals surface area contributed by atoms with Crippen molar-refractivity contribution in [3.05, 3.63) is 33.6 Å². The second-order valence-corrected chi connectivity index (χ2v) is 6.82. The van der Waals surface area contributed by atoms with Gasteiger partial charge < -0.3 is 5.32 Å². The third-order valence-corrected chi connectivity index (χ3v) is 5.59. The summed E-state index contributed by atoms with van der Waals surface area (Å²) in [6.45, 7) is 3.76. The van der Waals surface area contributed by atoms with Crippen LogP contribution in [-0.2, 0) is 0 Å². The molecule has 132 valence electrons. The first-order valence-corrected chi connectivity index (χ1v) is 8.52. The highest BCUT2D eigenvalue weighted by atomic mass is 35.5. The van der Waals surface area contributed by atoms with Crippen LogP contribution in [0.1, 0.15) is 37.3 Å². The molecule has 23 heavy (non-hydrogen) atoms. The second kappa shape index (κ2) is 9.65. The van der Waals surface area contributed by atoms with Gasteiger partial charge in [-0.05, 0) is 30.9 Å². The van der Waals surface area contributed by atoms with E-state index in [0.29, 0.717) is 21.5 Å². The maximum absolute atomic E-state index is 14.5. The lowest BCUT2D eigenvalue weighted by molar-refractivity contribution is 0.122. The summed E-state index contributed by atoms with van der Waals surface area (Å²) in [5.74, 6) is 0.258. The molecule has 0 radical (unpaired) electrons. The number of halogens is 5. The van der Waals surface area contributed by atoms with Gasteiger partial charge in [0.1, 0.15) is 5.82 Å². The summed E-state index contributed by atoms with van der Waals surface area (Å²) in [4.78, 5) is 2.38. The molecule has 1 saturated carbocycles. The van der Waals surface area contributed by atoms with Gasteiger partial charge in [-0.1, -0.05) is 36.0 Å². The minimum Gasteiger partial charge on any atom is -0.314 e. The SMILES string of the molecule is Cl.Cl.Fc1ccc(Cl)c(Cl)c1[C@H](C1CCCC1)N1CCNCC1. The second-order valence-electron chi connectivity index (χ2n) is 6.03. The summed E-state index contributed by atoms with van der Waals surface area (Å²) in [5, 5.41) is 4.20. The molecule has 0 unspecified atom stereocenters. The largest absolute Gasteiger partial charge is 0.314 e. The van der Waals surface area contributed by atoms with Gasteiger partial charge in [0.2, 0.25) is 0 Å². The van der Waals surface area contributed by atoms with Crippen LogP contribution >= 0.6 is 48.0 Å². The standard InChI is InChI=1S/C16H21Cl2FN2.2ClH/c17-12-5-6-13(19)14(15(12)18)16(11-3-1-2-4-11)21-9-7-20-8-10-21;;/h5-6,11,16,20H,1-4,7-10H2;2*1H/t16-;;/m0../s1. The summed E-state index contributed by atoms with van der Waals surface area (Å²) in [7, 11) is 0. The summed E-state index contributed by atoms with van der Waals surface area (Å²) in [5.41, 5.74) is 0.609. The van der Waals surface area contributed by atoms with Crippen molar-refractivity contribution >= 4 is 48.0 Å². The molecule has 0 amide bonds. The number of benzene rings is 1. The number of piperazine rings is 1. The van der Waals surface area contributed by atoms with Crippen molar-refractivity contribution in [2.24, 2.45) is 5.92 Å². The van der Waals surface area contributed by atoms with E-state index >= 15 is 0 Å². The average Bonchev–Trinajstić information content (AvgIpc) is 3.02. The van der Waals surface area contributed by atoms with Crippen molar-refractivity contribution in [3.8, 4) is 0 Å². The molecule has 0 bridgehead atoms. The lowest BCUT2D eigenvalue weighted by Crippen LogP contribution is -2.47. The van der Waals surface area contributed by atoms with E-state index in [1.165, 1.54) is 18.9 Å². The minimum atomic E-state index is -0.222. The lowest BCUT2D eigenvalue weighted by atomic mass is 9.89. The van der Waals surface area contributed by atoms with E-state index in [2.05, 4.69) is 10.2 Å². The maximum Gasteiger partial charge on any atom is 0.129 e. The van der Waals surface area contributed by atoms with Gasteiger partial charge in [0.25, 0.3) is 0 Å². The van der Waals surface area contributed by atoms with E-state index in [-0.39, 0.29) is 36.7 Å². The van der Waals surface area contributed by atoms with Crippen molar-refractivity contribution in [3.63, 3.8) is 0 Å². The molecule has 1 aliphatic carbocycles. The summed E-state index contributed by atoms with van der Waals surface area (Å²) >= 11 is 12.5. The lowest BCUT2D eigenvalue weighted by Gasteiger charge is -2.39. The molecule has 2 nitrogen and oxygen atoms in total. The minimum absolute atomic E-state index is 0. The van der Waals surface area contributed by atoms with Gasteiger partial charge in [0.15, 0.2) is 0 Å². The number of hydrogen-bond acceptors (Lipinski definition) is 2. The van der Waals surface area contributed by atoms with E-state index < -0.39 is 0 Å². The fourth-order valence-electron chi connectivity index (χ4n) is 3.76. The van der Waals surface area contributed by atoms with Crippen LogP contribution in [0.25, 0.3) is 0 Å². The predicted molar refractivity (Wildman–Crippen MR) is 100 cm³/mol. The van der Waals surface area contributed by atoms with Gasteiger partial charge in [0.05, 0.1) is 10.0 Å². The Morgan fingerprint density at radius 1 is 1.09 bits per heavy atom. The maximum atomic E-state index is 14.5. The molecule has 1 N–H and O–H groups in total. The van der Waals surface area contributed by atoms with Crippen molar-refractivity contribution in [2.45, 2.75) is 31.7 Å². The zero-order valence-corrected chi connectivity index (χ0v) is 16.0. The third-order valence-electron chi connectivity index (χ3n) is 4.77. The van der Waals surface area contributed by atoms with Crippen LogP contribution in [0.4, 0.5) is 4.39 Å². The van der Waals surface area contributed by atoms with Gasteiger partial charge in [-0.15, -0.1) is 24.8 Å². The Hall–Kier alpha value is 0.230. The monoisotopic (exact) mass is 402 g/mol. The Morgan fingerprint density at radius 2 is 1.70 bits per heavy atom. The van der Waals surface area contributed by atoms with E-state index in [9.17, 15) is 4.39 Å². The van der Waals surface area contributed by atoms with Crippen LogP contribution in [0.5, 0.6) is 0 Å². The van der Waals surface area contributed by atoms with Crippen molar-refractivity contribution in [1.82, 2.24) is 10.2 Å². The van der Waals surface area contributed by atoms with Crippen LogP contribution in [-0.4, -0.2) is 31.1 Å². The zero-order valence-electron chi connectivity index (χ0n) is 12.9. The Balaban J connectivity index is 0.00000132. The molecule has 1 heterocycles. The van der Waals surface area contributed by atoms with Crippen molar-refractivity contribution < 1.29 is 4.39 Å². The predicted octanol–water partition coefficient (Wildman–Crippen LogP) is 5.11. The van der Waals surface area contributed by atoms with Crippen LogP contribution in [0.3, 0.4) is 0 Å². The van der Waals surface area contributed by atoms with Crippen LogP contribution in [0, 0.1) is 11.7 Å². The van der Waals surface area contributed by atoms with Gasteiger partial charge in [-0.3, -0.25) is 4.90 Å². The molecule has 2 aliphatic rings. The molecule has 7 heteroatoms. The Morgan fingerprint density at radius 3 is 2.30 bits per heavy atom. The normalized spacial score (nSPS) is 20.7. The third kappa shape index (κ3) is 4.65. The molecule has 0 spiro atoms. The van der Waals surface area contributed by atoms with Crippen LogP contribution in [0.15, 0.2) is 12.1 Å². The summed E-state index contributed by atoms with van der Waals surface area (Å²) in [6.07, 6.45) is 4.76. The smallest absolute Gasteiger partial charge is 0.129 e. The summed E-state index contributed by atoms with van der Waals surface area (Å²) in [6, 6.07) is 3.06. The van der Waals surface area contributed by atoms with E-state index in [0.717, 1.165) is 39.0 Å². The van der Waals surface area contributed by atoms with Gasteiger partial charge in [0, 0.05) is 37.8 Å². The molecule has 1 aromatic rings. The molecule has 3 rings (SSSR count). The van der Waals surface area contributed by atoms with Crippen molar-refractivity contribution in [1.29, 1.82) is 0 Å². The van der Waals surface area contributed by atoms with Gasteiger partial charge in [-0.25, -0.2) is 4.39 Å². The highest BCUT2D eigenvalue weighted by molar-refractivity contribution is 6.42. The topological polar surface area (TPSA) is 15.3 Å². The number of hydrogen-bond donors (Lipinski definition) is 1. The molecule has 1 aromatic carbocycles. The zero-order chi connectivity index (χ0) is 14.8. The fraction of sp³-hybridized carbons (Fsp3) is 0.625. The molecule has 2 fully saturated rings. The number of rotatable bonds is 3. The quantitative estimate of drug-likeness (QED) is 0.705. The van der Waals surface area contributed by atoms with Crippen molar-refractivity contribution in [2.75, 3.05) is 26.2 Å². The fourth-order valence-corrected chi connectivity index (χ4v) is 4.19. The van der Waals surface area contributed by atoms with E-state index in [1.54, 1.807) is 6.07 Å². The van der Waals surface area contributed by atoms with E-state index in [1.807, 2.05) is 0 Å². The Bertz CT molecular complexity index is 503. The molecule has 1 aliphatic heterocycles. The van der Waals surface area contributed by atoms with Crippen LogP contribution in [0.2, 0.25) is 10.0 Å². The first kappa shape index (κ1) is 21.3. The Labute approximate surface area is 159 Å². The van der Waals surface area contributed by atoms with Crippen LogP contribution < -0.4 is 5.32 Å². The number of nitrogens with zero attached hydrogens (tertiary/aromatic N) is 1.